The van der Waals surface area contributed by atoms with E-state index in [1.165, 1.54) is 4.90 Å². The zero-order valence-corrected chi connectivity index (χ0v) is 21.7. The fraction of sp³-hybridized carbons (Fsp3) is 0.462. The van der Waals surface area contributed by atoms with Crippen molar-refractivity contribution < 1.29 is 18.0 Å². The topological polar surface area (TPSA) is 86.8 Å². The minimum absolute atomic E-state index is 0.212. The zero-order valence-electron chi connectivity index (χ0n) is 20.9. The number of unbranched alkanes of at least 4 members (excludes halogenated alkanes) is 1. The number of anilines is 1. The number of benzene rings is 2. The monoisotopic (exact) mass is 487 g/mol. The van der Waals surface area contributed by atoms with Gasteiger partial charge in [0.1, 0.15) is 12.6 Å². The van der Waals surface area contributed by atoms with Crippen molar-refractivity contribution >= 4 is 27.5 Å². The fourth-order valence-electron chi connectivity index (χ4n) is 3.70. The number of hydrogen-bond donors (Lipinski definition) is 1. The smallest absolute Gasteiger partial charge is 0.244 e. The van der Waals surface area contributed by atoms with Gasteiger partial charge < -0.3 is 10.2 Å². The molecule has 0 aliphatic rings. The second-order valence-corrected chi connectivity index (χ2v) is 10.5. The van der Waals surface area contributed by atoms with Crippen molar-refractivity contribution in [2.45, 2.75) is 59.5 Å². The molecule has 2 aromatic rings. The summed E-state index contributed by atoms with van der Waals surface area (Å²) in [6.07, 6.45) is 3.30. The van der Waals surface area contributed by atoms with Gasteiger partial charge in [0.05, 0.1) is 11.9 Å². The van der Waals surface area contributed by atoms with Gasteiger partial charge in [-0.1, -0.05) is 56.7 Å². The number of rotatable bonds is 12. The summed E-state index contributed by atoms with van der Waals surface area (Å²) in [5.74, 6) is -0.651. The Kier molecular flexibility index (Phi) is 10.1. The summed E-state index contributed by atoms with van der Waals surface area (Å²) in [5, 5.41) is 2.92. The highest BCUT2D eigenvalue weighted by Crippen LogP contribution is 2.22. The van der Waals surface area contributed by atoms with Crippen LogP contribution in [0.2, 0.25) is 0 Å². The maximum absolute atomic E-state index is 13.6. The van der Waals surface area contributed by atoms with Crippen molar-refractivity contribution in [1.29, 1.82) is 0 Å². The number of amides is 2. The standard InChI is InChI=1S/C26H37N3O4S/c1-6-8-16-27-26(31)24(7-2)28(18-22-12-10-9-11-13-22)25(30)19-29(34(5,32)33)23-15-14-20(3)21(4)17-23/h9-15,17,24H,6-8,16,18-19H2,1-5H3,(H,27,31)/t24-/m0/s1. The normalized spacial score (nSPS) is 12.1. The molecular formula is C26H37N3O4S. The van der Waals surface area contributed by atoms with E-state index < -0.39 is 22.0 Å². The third-order valence-electron chi connectivity index (χ3n) is 5.87. The van der Waals surface area contributed by atoms with Crippen molar-refractivity contribution in [1.82, 2.24) is 10.2 Å². The lowest BCUT2D eigenvalue weighted by Gasteiger charge is -2.33. The predicted octanol–water partition coefficient (Wildman–Crippen LogP) is 3.79. The Morgan fingerprint density at radius 2 is 1.68 bits per heavy atom. The van der Waals surface area contributed by atoms with E-state index in [1.54, 1.807) is 12.1 Å². The molecule has 2 rings (SSSR count). The number of aryl methyl sites for hydroxylation is 2. The largest absolute Gasteiger partial charge is 0.354 e. The Balaban J connectivity index is 2.39. The molecular weight excluding hydrogens is 450 g/mol. The number of carbonyl (C=O) groups excluding carboxylic acids is 2. The molecule has 1 atom stereocenters. The molecule has 186 valence electrons. The lowest BCUT2D eigenvalue weighted by atomic mass is 10.1. The Bertz CT molecular complexity index is 1070. The van der Waals surface area contributed by atoms with Crippen molar-refractivity contribution in [3.05, 3.63) is 65.2 Å². The highest BCUT2D eigenvalue weighted by molar-refractivity contribution is 7.92. The maximum atomic E-state index is 13.6. The van der Waals surface area contributed by atoms with Gasteiger partial charge in [0.25, 0.3) is 0 Å². The van der Waals surface area contributed by atoms with Crippen molar-refractivity contribution in [3.63, 3.8) is 0 Å². The molecule has 0 saturated heterocycles. The predicted molar refractivity (Wildman–Crippen MR) is 137 cm³/mol. The molecule has 34 heavy (non-hydrogen) atoms. The minimum Gasteiger partial charge on any atom is -0.354 e. The number of nitrogens with one attached hydrogen (secondary N) is 1. The van der Waals surface area contributed by atoms with Gasteiger partial charge in [-0.2, -0.15) is 0 Å². The van der Waals surface area contributed by atoms with Crippen LogP contribution in [0.25, 0.3) is 0 Å². The summed E-state index contributed by atoms with van der Waals surface area (Å²) < 4.78 is 26.4. The summed E-state index contributed by atoms with van der Waals surface area (Å²) in [5.41, 5.74) is 3.26. The molecule has 7 nitrogen and oxygen atoms in total. The molecule has 2 amide bonds. The molecule has 0 spiro atoms. The summed E-state index contributed by atoms with van der Waals surface area (Å²) in [7, 11) is -3.73. The van der Waals surface area contributed by atoms with Gasteiger partial charge in [0.2, 0.25) is 21.8 Å². The zero-order chi connectivity index (χ0) is 25.3. The second-order valence-electron chi connectivity index (χ2n) is 8.61. The molecule has 8 heteroatoms. The lowest BCUT2D eigenvalue weighted by molar-refractivity contribution is -0.140. The van der Waals surface area contributed by atoms with E-state index in [9.17, 15) is 18.0 Å². The Morgan fingerprint density at radius 1 is 1.00 bits per heavy atom. The summed E-state index contributed by atoms with van der Waals surface area (Å²) >= 11 is 0. The van der Waals surface area contributed by atoms with Crippen LogP contribution in [0.4, 0.5) is 5.69 Å². The second kappa shape index (κ2) is 12.6. The average Bonchev–Trinajstić information content (AvgIpc) is 2.79. The molecule has 0 saturated carbocycles. The summed E-state index contributed by atoms with van der Waals surface area (Å²) in [4.78, 5) is 28.1. The molecule has 0 unspecified atom stereocenters. The lowest BCUT2D eigenvalue weighted by Crippen LogP contribution is -2.52. The van der Waals surface area contributed by atoms with Crippen LogP contribution >= 0.6 is 0 Å². The fourth-order valence-corrected chi connectivity index (χ4v) is 4.54. The highest BCUT2D eigenvalue weighted by Gasteiger charge is 2.31. The number of nitrogens with zero attached hydrogens (tertiary/aromatic N) is 2. The molecule has 0 heterocycles. The quantitative estimate of drug-likeness (QED) is 0.462. The first-order chi connectivity index (χ1) is 16.1. The summed E-state index contributed by atoms with van der Waals surface area (Å²) in [6, 6.07) is 14.0. The van der Waals surface area contributed by atoms with Gasteiger partial charge in [0.15, 0.2) is 0 Å². The van der Waals surface area contributed by atoms with Crippen LogP contribution in [0.3, 0.4) is 0 Å². The van der Waals surface area contributed by atoms with Crippen LogP contribution in [-0.2, 0) is 26.2 Å². The molecule has 0 fully saturated rings. The van der Waals surface area contributed by atoms with Crippen molar-refractivity contribution in [2.75, 3.05) is 23.7 Å². The van der Waals surface area contributed by atoms with Gasteiger partial charge in [-0.25, -0.2) is 8.42 Å². The molecule has 0 aliphatic heterocycles. The van der Waals surface area contributed by atoms with Gasteiger partial charge >= 0.3 is 0 Å². The van der Waals surface area contributed by atoms with Crippen molar-refractivity contribution in [2.24, 2.45) is 0 Å². The first kappa shape index (κ1) is 27.4. The van der Waals surface area contributed by atoms with Crippen LogP contribution in [0.5, 0.6) is 0 Å². The van der Waals surface area contributed by atoms with Crippen LogP contribution in [0.1, 0.15) is 49.8 Å². The third kappa shape index (κ3) is 7.58. The molecule has 0 radical (unpaired) electrons. The van der Waals surface area contributed by atoms with E-state index >= 15 is 0 Å². The van der Waals surface area contributed by atoms with Crippen LogP contribution in [0.15, 0.2) is 48.5 Å². The van der Waals surface area contributed by atoms with E-state index in [4.69, 9.17) is 0 Å². The Labute approximate surface area is 204 Å². The number of sulfonamides is 1. The van der Waals surface area contributed by atoms with Crippen LogP contribution in [-0.4, -0.2) is 50.5 Å². The molecule has 0 aliphatic carbocycles. The van der Waals surface area contributed by atoms with Crippen LogP contribution < -0.4 is 9.62 Å². The third-order valence-corrected chi connectivity index (χ3v) is 7.01. The number of hydrogen-bond acceptors (Lipinski definition) is 4. The molecule has 0 aromatic heterocycles. The first-order valence-corrected chi connectivity index (χ1v) is 13.6. The van der Waals surface area contributed by atoms with E-state index in [-0.39, 0.29) is 19.0 Å². The van der Waals surface area contributed by atoms with E-state index in [1.807, 2.05) is 64.1 Å². The Hall–Kier alpha value is -2.87. The van der Waals surface area contributed by atoms with Gasteiger partial charge in [-0.05, 0) is 55.5 Å². The molecule has 0 bridgehead atoms. The van der Waals surface area contributed by atoms with Gasteiger partial charge in [-0.15, -0.1) is 0 Å². The summed E-state index contributed by atoms with van der Waals surface area (Å²) in [6.45, 7) is 8.11. The molecule has 1 N–H and O–H groups in total. The van der Waals surface area contributed by atoms with Crippen molar-refractivity contribution in [3.8, 4) is 0 Å². The maximum Gasteiger partial charge on any atom is 0.244 e. The Morgan fingerprint density at radius 3 is 2.24 bits per heavy atom. The SMILES string of the molecule is CCCCNC(=O)[C@H](CC)N(Cc1ccccc1)C(=O)CN(c1ccc(C)c(C)c1)S(C)(=O)=O. The van der Waals surface area contributed by atoms with Gasteiger partial charge in [-0.3, -0.25) is 13.9 Å². The van der Waals surface area contributed by atoms with E-state index in [2.05, 4.69) is 5.32 Å². The van der Waals surface area contributed by atoms with E-state index in [0.29, 0.717) is 18.7 Å². The highest BCUT2D eigenvalue weighted by atomic mass is 32.2. The van der Waals surface area contributed by atoms with Crippen LogP contribution in [0, 0.1) is 13.8 Å². The molecule has 2 aromatic carbocycles. The number of carbonyl (C=O) groups is 2. The average molecular weight is 488 g/mol. The first-order valence-electron chi connectivity index (χ1n) is 11.7. The van der Waals surface area contributed by atoms with Gasteiger partial charge in [0, 0.05) is 13.1 Å². The minimum atomic E-state index is -3.73. The van der Waals surface area contributed by atoms with E-state index in [0.717, 1.165) is 40.1 Å².